The molecular formula is C25H39IN6O. The molecule has 0 amide bonds. The van der Waals surface area contributed by atoms with Crippen molar-refractivity contribution in [3.63, 3.8) is 0 Å². The highest BCUT2D eigenvalue weighted by Crippen LogP contribution is 2.15. The molecule has 8 heteroatoms. The first-order valence-electron chi connectivity index (χ1n) is 11.7. The van der Waals surface area contributed by atoms with Crippen LogP contribution in [0.3, 0.4) is 0 Å². The van der Waals surface area contributed by atoms with E-state index in [1.165, 1.54) is 0 Å². The maximum atomic E-state index is 5.98. The summed E-state index contributed by atoms with van der Waals surface area (Å²) < 4.78 is 5.98. The van der Waals surface area contributed by atoms with E-state index < -0.39 is 0 Å². The summed E-state index contributed by atoms with van der Waals surface area (Å²) in [5.74, 6) is 2.12. The van der Waals surface area contributed by atoms with E-state index in [-0.39, 0.29) is 30.1 Å². The van der Waals surface area contributed by atoms with Crippen LogP contribution in [0.5, 0.6) is 5.88 Å². The van der Waals surface area contributed by atoms with Crippen molar-refractivity contribution in [1.29, 1.82) is 0 Å². The Morgan fingerprint density at radius 2 is 1.94 bits per heavy atom. The molecule has 0 aliphatic carbocycles. The predicted molar refractivity (Wildman–Crippen MR) is 145 cm³/mol. The number of aliphatic imine (C=N–C) groups is 1. The lowest BCUT2D eigenvalue weighted by Crippen LogP contribution is -2.48. The molecule has 1 atom stereocenters. The van der Waals surface area contributed by atoms with Gasteiger partial charge in [-0.15, -0.1) is 24.0 Å². The maximum absolute atomic E-state index is 5.98. The number of hydrogen-bond donors (Lipinski definition) is 2. The van der Waals surface area contributed by atoms with Crippen LogP contribution in [-0.2, 0) is 13.1 Å². The van der Waals surface area contributed by atoms with Crippen LogP contribution in [0, 0.1) is 5.92 Å². The van der Waals surface area contributed by atoms with Crippen LogP contribution in [0.4, 0.5) is 0 Å². The summed E-state index contributed by atoms with van der Waals surface area (Å²) in [5.41, 5.74) is 2.26. The van der Waals surface area contributed by atoms with E-state index in [9.17, 15) is 0 Å². The number of nitrogens with one attached hydrogen (secondary N) is 2. The van der Waals surface area contributed by atoms with Gasteiger partial charge in [-0.05, 0) is 55.9 Å². The molecule has 1 unspecified atom stereocenters. The van der Waals surface area contributed by atoms with Crippen LogP contribution < -0.4 is 15.4 Å². The summed E-state index contributed by atoms with van der Waals surface area (Å²) in [4.78, 5) is 15.7. The number of piperidine rings is 1. The van der Waals surface area contributed by atoms with Gasteiger partial charge in [0.25, 0.3) is 0 Å². The van der Waals surface area contributed by atoms with E-state index in [4.69, 9.17) is 4.74 Å². The van der Waals surface area contributed by atoms with E-state index in [1.807, 2.05) is 37.6 Å². The number of ether oxygens (including phenoxy) is 1. The number of halogens is 1. The first-order valence-corrected chi connectivity index (χ1v) is 11.7. The fourth-order valence-electron chi connectivity index (χ4n) is 4.07. The molecule has 1 aliphatic heterocycles. The van der Waals surface area contributed by atoms with Gasteiger partial charge in [0.1, 0.15) is 0 Å². The summed E-state index contributed by atoms with van der Waals surface area (Å²) in [6.45, 7) is 10.2. The fourth-order valence-corrected chi connectivity index (χ4v) is 4.07. The molecule has 0 saturated carbocycles. The number of likely N-dealkylation sites (tertiary alicyclic amines) is 1. The SMILES string of the molecule is CN=C(NCc1ccnc(OC(C)CC(C)C)c1)NC1CCN(Cc2ccccn2)CC1.I. The summed E-state index contributed by atoms with van der Waals surface area (Å²) in [5, 5.41) is 7.01. The molecule has 0 bridgehead atoms. The third-order valence-electron chi connectivity index (χ3n) is 5.65. The Morgan fingerprint density at radius 3 is 2.61 bits per heavy atom. The molecule has 0 aromatic carbocycles. The summed E-state index contributed by atoms with van der Waals surface area (Å²) >= 11 is 0. The first-order chi connectivity index (χ1) is 15.5. The molecule has 0 spiro atoms. The van der Waals surface area contributed by atoms with Gasteiger partial charge < -0.3 is 15.4 Å². The molecule has 3 heterocycles. The second kappa shape index (κ2) is 14.3. The standard InChI is InChI=1S/C25H38N6O.HI/c1-19(2)15-20(3)32-24-16-21(8-12-28-24)17-29-25(26-4)30-22-9-13-31(14-10-22)18-23-7-5-6-11-27-23;/h5-8,11-12,16,19-20,22H,9-10,13-15,17-18H2,1-4H3,(H2,26,29,30);1H. The van der Waals surface area contributed by atoms with Gasteiger partial charge >= 0.3 is 0 Å². The van der Waals surface area contributed by atoms with E-state index in [0.29, 0.717) is 24.4 Å². The van der Waals surface area contributed by atoms with Crippen molar-refractivity contribution in [2.45, 2.75) is 65.3 Å². The average molecular weight is 567 g/mol. The Balaban J connectivity index is 0.00000385. The quantitative estimate of drug-likeness (QED) is 0.269. The van der Waals surface area contributed by atoms with Gasteiger partial charge in [-0.25, -0.2) is 4.98 Å². The van der Waals surface area contributed by atoms with Crippen molar-refractivity contribution in [3.8, 4) is 5.88 Å². The minimum atomic E-state index is 0. The second-order valence-electron chi connectivity index (χ2n) is 9.00. The molecule has 0 radical (unpaired) electrons. The molecule has 1 aliphatic rings. The minimum absolute atomic E-state index is 0. The van der Waals surface area contributed by atoms with Crippen LogP contribution in [-0.4, -0.2) is 53.1 Å². The largest absolute Gasteiger partial charge is 0.475 e. The number of pyridine rings is 2. The topological polar surface area (TPSA) is 74.7 Å². The maximum Gasteiger partial charge on any atom is 0.213 e. The zero-order chi connectivity index (χ0) is 22.8. The Morgan fingerprint density at radius 1 is 1.15 bits per heavy atom. The smallest absolute Gasteiger partial charge is 0.213 e. The van der Waals surface area contributed by atoms with Crippen molar-refractivity contribution in [1.82, 2.24) is 25.5 Å². The molecule has 3 rings (SSSR count). The highest BCUT2D eigenvalue weighted by atomic mass is 127. The molecule has 2 aromatic heterocycles. The van der Waals surface area contributed by atoms with Crippen LogP contribution in [0.2, 0.25) is 0 Å². The van der Waals surface area contributed by atoms with Crippen molar-refractivity contribution in [3.05, 3.63) is 54.0 Å². The molecule has 1 saturated heterocycles. The molecule has 1 fully saturated rings. The molecule has 7 nitrogen and oxygen atoms in total. The third-order valence-corrected chi connectivity index (χ3v) is 5.65. The average Bonchev–Trinajstić information content (AvgIpc) is 2.78. The third kappa shape index (κ3) is 9.83. The van der Waals surface area contributed by atoms with E-state index in [1.54, 1.807) is 0 Å². The number of nitrogens with zero attached hydrogens (tertiary/aromatic N) is 4. The highest BCUT2D eigenvalue weighted by Gasteiger charge is 2.20. The lowest BCUT2D eigenvalue weighted by atomic mass is 10.0. The van der Waals surface area contributed by atoms with Gasteiger partial charge in [0.05, 0.1) is 11.8 Å². The minimum Gasteiger partial charge on any atom is -0.475 e. The zero-order valence-electron chi connectivity index (χ0n) is 20.3. The monoisotopic (exact) mass is 566 g/mol. The van der Waals surface area contributed by atoms with Crippen LogP contribution in [0.15, 0.2) is 47.7 Å². The van der Waals surface area contributed by atoms with Crippen molar-refractivity contribution in [2.24, 2.45) is 10.9 Å². The number of guanidine groups is 1. The molecule has 33 heavy (non-hydrogen) atoms. The number of rotatable bonds is 9. The molecule has 182 valence electrons. The fraction of sp³-hybridized carbons (Fsp3) is 0.560. The van der Waals surface area contributed by atoms with Crippen molar-refractivity contribution < 1.29 is 4.74 Å². The normalized spacial score (nSPS) is 16.2. The zero-order valence-corrected chi connectivity index (χ0v) is 22.7. The van der Waals surface area contributed by atoms with Gasteiger partial charge in [0, 0.05) is 57.7 Å². The van der Waals surface area contributed by atoms with Crippen LogP contribution in [0.25, 0.3) is 0 Å². The second-order valence-corrected chi connectivity index (χ2v) is 9.00. The van der Waals surface area contributed by atoms with E-state index in [0.717, 1.165) is 56.1 Å². The van der Waals surface area contributed by atoms with Gasteiger partial charge in [-0.1, -0.05) is 19.9 Å². The van der Waals surface area contributed by atoms with Gasteiger partial charge in [0.15, 0.2) is 5.96 Å². The van der Waals surface area contributed by atoms with Gasteiger partial charge in [-0.2, -0.15) is 0 Å². The summed E-state index contributed by atoms with van der Waals surface area (Å²) in [6, 6.07) is 10.6. The summed E-state index contributed by atoms with van der Waals surface area (Å²) in [6.07, 6.45) is 7.03. The van der Waals surface area contributed by atoms with Crippen molar-refractivity contribution >= 4 is 29.9 Å². The lowest BCUT2D eigenvalue weighted by molar-refractivity contribution is 0.185. The Bertz CT molecular complexity index is 840. The number of hydrogen-bond acceptors (Lipinski definition) is 5. The molecular weight excluding hydrogens is 527 g/mol. The van der Waals surface area contributed by atoms with Crippen LogP contribution >= 0.6 is 24.0 Å². The Kier molecular flexibility index (Phi) is 11.9. The first kappa shape index (κ1) is 27.3. The van der Waals surface area contributed by atoms with Gasteiger partial charge in [0.2, 0.25) is 5.88 Å². The Labute approximate surface area is 215 Å². The van der Waals surface area contributed by atoms with Gasteiger partial charge in [-0.3, -0.25) is 14.9 Å². The Hall–Kier alpha value is -1.94. The summed E-state index contributed by atoms with van der Waals surface area (Å²) in [7, 11) is 1.82. The number of aromatic nitrogens is 2. The predicted octanol–water partition coefficient (Wildman–Crippen LogP) is 4.24. The van der Waals surface area contributed by atoms with Crippen molar-refractivity contribution in [2.75, 3.05) is 20.1 Å². The van der Waals surface area contributed by atoms with E-state index in [2.05, 4.69) is 63.4 Å². The van der Waals surface area contributed by atoms with Crippen LogP contribution in [0.1, 0.15) is 51.3 Å². The van der Waals surface area contributed by atoms with E-state index >= 15 is 0 Å². The highest BCUT2D eigenvalue weighted by molar-refractivity contribution is 14.0. The molecule has 2 N–H and O–H groups in total. The molecule has 2 aromatic rings. The lowest BCUT2D eigenvalue weighted by Gasteiger charge is -2.32.